The second-order valence-corrected chi connectivity index (χ2v) is 4.52. The molecule has 0 fully saturated rings. The van der Waals surface area contributed by atoms with Crippen LogP contribution in [-0.2, 0) is 12.0 Å². The largest absolute Gasteiger partial charge is 0.493 e. The van der Waals surface area contributed by atoms with Gasteiger partial charge in [-0.1, -0.05) is 11.3 Å². The number of aromatic nitrogens is 4. The summed E-state index contributed by atoms with van der Waals surface area (Å²) in [5.74, 6) is 1.83. The predicted molar refractivity (Wildman–Crippen MR) is 69.0 cm³/mol. The molecule has 0 aliphatic rings. The van der Waals surface area contributed by atoms with Crippen molar-refractivity contribution >= 4 is 0 Å². The molecule has 1 atom stereocenters. The van der Waals surface area contributed by atoms with Gasteiger partial charge in [-0.25, -0.2) is 0 Å². The molecule has 0 amide bonds. The quantitative estimate of drug-likeness (QED) is 0.821. The van der Waals surface area contributed by atoms with Crippen LogP contribution in [0.25, 0.3) is 0 Å². The van der Waals surface area contributed by atoms with Gasteiger partial charge in [0.1, 0.15) is 0 Å². The number of H-pyrrole nitrogens is 1. The highest BCUT2D eigenvalue weighted by molar-refractivity contribution is 5.43. The van der Waals surface area contributed by atoms with E-state index in [1.165, 1.54) is 0 Å². The van der Waals surface area contributed by atoms with E-state index in [1.807, 2.05) is 25.1 Å². The number of ether oxygens (including phenoxy) is 2. The minimum atomic E-state index is -0.702. The zero-order valence-electron chi connectivity index (χ0n) is 11.2. The molecule has 7 nitrogen and oxygen atoms in total. The molecule has 1 aromatic carbocycles. The van der Waals surface area contributed by atoms with Gasteiger partial charge in [0.2, 0.25) is 0 Å². The summed E-state index contributed by atoms with van der Waals surface area (Å²) in [5, 5.41) is 13.8. The van der Waals surface area contributed by atoms with E-state index in [4.69, 9.17) is 15.2 Å². The SMILES string of the molecule is COc1ccc(CC(C)(N)c2nn[nH]n2)cc1OC. The summed E-state index contributed by atoms with van der Waals surface area (Å²) in [7, 11) is 3.20. The van der Waals surface area contributed by atoms with Crippen LogP contribution in [0.4, 0.5) is 0 Å². The van der Waals surface area contributed by atoms with E-state index in [0.29, 0.717) is 23.7 Å². The molecule has 0 saturated carbocycles. The van der Waals surface area contributed by atoms with E-state index in [2.05, 4.69) is 20.6 Å². The Morgan fingerprint density at radius 2 is 2.00 bits per heavy atom. The van der Waals surface area contributed by atoms with Gasteiger partial charge < -0.3 is 15.2 Å². The summed E-state index contributed by atoms with van der Waals surface area (Å²) < 4.78 is 10.5. The van der Waals surface area contributed by atoms with Crippen LogP contribution in [-0.4, -0.2) is 34.8 Å². The molecule has 1 aromatic heterocycles. The number of benzene rings is 1. The fraction of sp³-hybridized carbons (Fsp3) is 0.417. The molecule has 2 rings (SSSR count). The Labute approximate surface area is 111 Å². The Balaban J connectivity index is 2.24. The molecule has 7 heteroatoms. The molecule has 0 aliphatic heterocycles. The van der Waals surface area contributed by atoms with Crippen molar-refractivity contribution in [3.05, 3.63) is 29.6 Å². The van der Waals surface area contributed by atoms with Gasteiger partial charge in [0, 0.05) is 0 Å². The summed E-state index contributed by atoms with van der Waals surface area (Å²) in [6, 6.07) is 5.68. The lowest BCUT2D eigenvalue weighted by atomic mass is 9.93. The molecule has 0 bridgehead atoms. The van der Waals surface area contributed by atoms with Crippen LogP contribution in [0, 0.1) is 0 Å². The normalized spacial score (nSPS) is 13.9. The van der Waals surface area contributed by atoms with E-state index < -0.39 is 5.54 Å². The van der Waals surface area contributed by atoms with Crippen LogP contribution < -0.4 is 15.2 Å². The maximum Gasteiger partial charge on any atom is 0.194 e. The van der Waals surface area contributed by atoms with Crippen molar-refractivity contribution in [1.82, 2.24) is 20.6 Å². The molecule has 102 valence electrons. The van der Waals surface area contributed by atoms with Crippen molar-refractivity contribution < 1.29 is 9.47 Å². The van der Waals surface area contributed by atoms with Gasteiger partial charge in [-0.05, 0) is 31.0 Å². The minimum absolute atomic E-state index is 0.474. The maximum atomic E-state index is 6.22. The summed E-state index contributed by atoms with van der Waals surface area (Å²) in [6.45, 7) is 1.86. The van der Waals surface area contributed by atoms with E-state index >= 15 is 0 Å². The first-order valence-electron chi connectivity index (χ1n) is 5.80. The van der Waals surface area contributed by atoms with E-state index in [0.717, 1.165) is 5.56 Å². The first kappa shape index (κ1) is 13.3. The number of aromatic amines is 1. The van der Waals surface area contributed by atoms with E-state index in [1.54, 1.807) is 14.2 Å². The lowest BCUT2D eigenvalue weighted by molar-refractivity contribution is 0.354. The zero-order chi connectivity index (χ0) is 13.9. The number of nitrogens with two attached hydrogens (primary N) is 1. The van der Waals surface area contributed by atoms with Crippen molar-refractivity contribution in [3.63, 3.8) is 0 Å². The number of tetrazole rings is 1. The van der Waals surface area contributed by atoms with Gasteiger partial charge in [-0.2, -0.15) is 5.21 Å². The molecule has 3 N–H and O–H groups in total. The van der Waals surface area contributed by atoms with Crippen molar-refractivity contribution in [2.24, 2.45) is 5.73 Å². The molecule has 0 radical (unpaired) electrons. The van der Waals surface area contributed by atoms with Gasteiger partial charge in [0.05, 0.1) is 19.8 Å². The Hall–Kier alpha value is -2.15. The van der Waals surface area contributed by atoms with Crippen LogP contribution in [0.5, 0.6) is 11.5 Å². The summed E-state index contributed by atoms with van der Waals surface area (Å²) in [6.07, 6.45) is 0.562. The number of nitrogens with zero attached hydrogens (tertiary/aromatic N) is 3. The minimum Gasteiger partial charge on any atom is -0.493 e. The predicted octanol–water partition coefficient (Wildman–Crippen LogP) is 0.633. The molecule has 19 heavy (non-hydrogen) atoms. The highest BCUT2D eigenvalue weighted by Gasteiger charge is 2.26. The maximum absolute atomic E-state index is 6.22. The molecule has 2 aromatic rings. The van der Waals surface area contributed by atoms with Crippen molar-refractivity contribution in [2.75, 3.05) is 14.2 Å². The Morgan fingerprint density at radius 1 is 1.26 bits per heavy atom. The fourth-order valence-electron chi connectivity index (χ4n) is 1.90. The smallest absolute Gasteiger partial charge is 0.194 e. The third kappa shape index (κ3) is 2.82. The van der Waals surface area contributed by atoms with Crippen LogP contribution in [0.2, 0.25) is 0 Å². The fourth-order valence-corrected chi connectivity index (χ4v) is 1.90. The van der Waals surface area contributed by atoms with Crippen LogP contribution in [0.1, 0.15) is 18.3 Å². The highest BCUT2D eigenvalue weighted by Crippen LogP contribution is 2.29. The zero-order valence-corrected chi connectivity index (χ0v) is 11.2. The van der Waals surface area contributed by atoms with E-state index in [9.17, 15) is 0 Å². The Morgan fingerprint density at radius 3 is 2.58 bits per heavy atom. The summed E-state index contributed by atoms with van der Waals surface area (Å²) in [4.78, 5) is 0. The molecule has 0 saturated heterocycles. The Kier molecular flexibility index (Phi) is 3.66. The lowest BCUT2D eigenvalue weighted by Crippen LogP contribution is -2.36. The molecule has 0 spiro atoms. The van der Waals surface area contributed by atoms with Gasteiger partial charge >= 0.3 is 0 Å². The van der Waals surface area contributed by atoms with Crippen molar-refractivity contribution in [2.45, 2.75) is 18.9 Å². The molecule has 1 heterocycles. The second-order valence-electron chi connectivity index (χ2n) is 4.52. The van der Waals surface area contributed by atoms with Gasteiger partial charge in [-0.3, -0.25) is 0 Å². The second kappa shape index (κ2) is 5.23. The number of methoxy groups -OCH3 is 2. The monoisotopic (exact) mass is 263 g/mol. The average molecular weight is 263 g/mol. The first-order chi connectivity index (χ1) is 9.06. The lowest BCUT2D eigenvalue weighted by Gasteiger charge is -2.21. The number of hydrogen-bond acceptors (Lipinski definition) is 6. The molecular formula is C12H17N5O2. The Bertz CT molecular complexity index is 539. The molecule has 0 aliphatic carbocycles. The highest BCUT2D eigenvalue weighted by atomic mass is 16.5. The van der Waals surface area contributed by atoms with Crippen molar-refractivity contribution in [1.29, 1.82) is 0 Å². The summed E-state index contributed by atoms with van der Waals surface area (Å²) >= 11 is 0. The standard InChI is InChI=1S/C12H17N5O2/c1-12(13,11-14-16-17-15-11)7-8-4-5-9(18-2)10(6-8)19-3/h4-6H,7,13H2,1-3H3,(H,14,15,16,17). The number of nitrogens with one attached hydrogen (secondary N) is 1. The van der Waals surface area contributed by atoms with Gasteiger partial charge in [0.15, 0.2) is 17.3 Å². The van der Waals surface area contributed by atoms with Crippen molar-refractivity contribution in [3.8, 4) is 11.5 Å². The van der Waals surface area contributed by atoms with Crippen LogP contribution in [0.3, 0.4) is 0 Å². The third-order valence-electron chi connectivity index (χ3n) is 2.88. The topological polar surface area (TPSA) is 98.9 Å². The number of rotatable bonds is 5. The molecule has 1 unspecified atom stereocenters. The van der Waals surface area contributed by atoms with Crippen LogP contribution >= 0.6 is 0 Å². The van der Waals surface area contributed by atoms with Gasteiger partial charge in [-0.15, -0.1) is 10.2 Å². The molecular weight excluding hydrogens is 246 g/mol. The van der Waals surface area contributed by atoms with Crippen LogP contribution in [0.15, 0.2) is 18.2 Å². The summed E-state index contributed by atoms with van der Waals surface area (Å²) in [5.41, 5.74) is 6.52. The average Bonchev–Trinajstić information content (AvgIpc) is 2.93. The first-order valence-corrected chi connectivity index (χ1v) is 5.80. The number of hydrogen-bond donors (Lipinski definition) is 2. The third-order valence-corrected chi connectivity index (χ3v) is 2.88. The van der Waals surface area contributed by atoms with E-state index in [-0.39, 0.29) is 0 Å². The van der Waals surface area contributed by atoms with Gasteiger partial charge in [0.25, 0.3) is 0 Å².